The highest BCUT2D eigenvalue weighted by Crippen LogP contribution is 2.29. The number of para-hydroxylation sites is 1. The summed E-state index contributed by atoms with van der Waals surface area (Å²) in [5, 5.41) is 1.00. The summed E-state index contributed by atoms with van der Waals surface area (Å²) in [5.74, 6) is -1.14. The minimum atomic E-state index is -4.53. The Labute approximate surface area is 153 Å². The highest BCUT2D eigenvalue weighted by atomic mass is 19.4. The van der Waals surface area contributed by atoms with Gasteiger partial charge in [-0.05, 0) is 11.6 Å². The Bertz CT molecular complexity index is 1030. The van der Waals surface area contributed by atoms with E-state index in [4.69, 9.17) is 0 Å². The fourth-order valence-corrected chi connectivity index (χ4v) is 3.52. The molecular formula is C19H17F3N4O. The SMILES string of the molecule is CC(=O)n1cc(CN2CCc3nc(C(F)(F)F)ncc3C2)c2ccccc21. The minimum Gasteiger partial charge on any atom is -0.294 e. The van der Waals surface area contributed by atoms with Gasteiger partial charge in [-0.2, -0.15) is 13.2 Å². The molecule has 0 spiro atoms. The molecule has 3 aromatic rings. The zero-order chi connectivity index (χ0) is 19.2. The van der Waals surface area contributed by atoms with Gasteiger partial charge < -0.3 is 0 Å². The van der Waals surface area contributed by atoms with Gasteiger partial charge in [0.1, 0.15) is 0 Å². The maximum absolute atomic E-state index is 12.8. The van der Waals surface area contributed by atoms with Gasteiger partial charge in [-0.1, -0.05) is 18.2 Å². The predicted octanol–water partition coefficient (Wildman–Crippen LogP) is 3.67. The smallest absolute Gasteiger partial charge is 0.294 e. The van der Waals surface area contributed by atoms with Gasteiger partial charge in [0.15, 0.2) is 0 Å². The summed E-state index contributed by atoms with van der Waals surface area (Å²) in [4.78, 5) is 21.2. The molecule has 3 heterocycles. The van der Waals surface area contributed by atoms with Crippen molar-refractivity contribution in [3.05, 3.63) is 59.3 Å². The maximum atomic E-state index is 12.8. The second-order valence-electron chi connectivity index (χ2n) is 6.68. The van der Waals surface area contributed by atoms with Crippen LogP contribution in [-0.4, -0.2) is 31.9 Å². The Hall–Kier alpha value is -2.74. The molecule has 8 heteroatoms. The number of halogens is 3. The van der Waals surface area contributed by atoms with Crippen molar-refractivity contribution < 1.29 is 18.0 Å². The van der Waals surface area contributed by atoms with Crippen LogP contribution in [0.1, 0.15) is 34.4 Å². The number of hydrogen-bond acceptors (Lipinski definition) is 4. The van der Waals surface area contributed by atoms with Gasteiger partial charge in [0, 0.05) is 56.3 Å². The van der Waals surface area contributed by atoms with Crippen LogP contribution in [0.3, 0.4) is 0 Å². The van der Waals surface area contributed by atoms with E-state index in [0.29, 0.717) is 37.3 Å². The molecule has 2 aromatic heterocycles. The van der Waals surface area contributed by atoms with E-state index >= 15 is 0 Å². The van der Waals surface area contributed by atoms with E-state index in [-0.39, 0.29) is 5.91 Å². The van der Waals surface area contributed by atoms with Gasteiger partial charge in [-0.15, -0.1) is 0 Å². The summed E-state index contributed by atoms with van der Waals surface area (Å²) >= 11 is 0. The number of aromatic nitrogens is 3. The topological polar surface area (TPSA) is 51.0 Å². The van der Waals surface area contributed by atoms with E-state index in [1.165, 1.54) is 13.1 Å². The molecule has 5 nitrogen and oxygen atoms in total. The lowest BCUT2D eigenvalue weighted by atomic mass is 10.1. The number of carbonyl (C=O) groups excluding carboxylic acids is 1. The second-order valence-corrected chi connectivity index (χ2v) is 6.68. The molecular weight excluding hydrogens is 357 g/mol. The lowest BCUT2D eigenvalue weighted by molar-refractivity contribution is -0.145. The van der Waals surface area contributed by atoms with Crippen LogP contribution in [0.25, 0.3) is 10.9 Å². The molecule has 0 radical (unpaired) electrons. The Morgan fingerprint density at radius 2 is 2.04 bits per heavy atom. The molecule has 27 heavy (non-hydrogen) atoms. The molecule has 0 fully saturated rings. The number of hydrogen-bond donors (Lipinski definition) is 0. The average molecular weight is 374 g/mol. The van der Waals surface area contributed by atoms with Gasteiger partial charge in [0.2, 0.25) is 11.7 Å². The number of carbonyl (C=O) groups is 1. The minimum absolute atomic E-state index is 0.0606. The first-order chi connectivity index (χ1) is 12.8. The Kier molecular flexibility index (Phi) is 4.22. The predicted molar refractivity (Wildman–Crippen MR) is 93.1 cm³/mol. The van der Waals surface area contributed by atoms with Gasteiger partial charge in [0.05, 0.1) is 11.2 Å². The normalized spacial score (nSPS) is 15.1. The first kappa shape index (κ1) is 17.7. The van der Waals surface area contributed by atoms with Crippen LogP contribution < -0.4 is 0 Å². The lowest BCUT2D eigenvalue weighted by Crippen LogP contribution is -2.31. The summed E-state index contributed by atoms with van der Waals surface area (Å²) in [6.45, 7) is 3.19. The molecule has 140 valence electrons. The summed E-state index contributed by atoms with van der Waals surface area (Å²) in [5.41, 5.74) is 3.04. The molecule has 0 N–H and O–H groups in total. The zero-order valence-corrected chi connectivity index (χ0v) is 14.6. The molecule has 1 aromatic carbocycles. The lowest BCUT2D eigenvalue weighted by Gasteiger charge is -2.28. The standard InChI is InChI=1S/C19H17F3N4O/c1-12(27)26-11-14(15-4-2-3-5-17(15)26)10-25-7-6-16-13(9-25)8-23-18(24-16)19(20,21)22/h2-5,8,11H,6-7,9-10H2,1H3. The van der Waals surface area contributed by atoms with Gasteiger partial charge in [0.25, 0.3) is 0 Å². The third-order valence-electron chi connectivity index (χ3n) is 4.79. The molecule has 0 saturated heterocycles. The maximum Gasteiger partial charge on any atom is 0.451 e. The Morgan fingerprint density at radius 3 is 2.78 bits per heavy atom. The highest BCUT2D eigenvalue weighted by Gasteiger charge is 2.35. The molecule has 0 amide bonds. The zero-order valence-electron chi connectivity index (χ0n) is 14.6. The molecule has 1 aliphatic heterocycles. The van der Waals surface area contributed by atoms with Crippen molar-refractivity contribution in [1.82, 2.24) is 19.4 Å². The fourth-order valence-electron chi connectivity index (χ4n) is 3.52. The Balaban J connectivity index is 1.59. The van der Waals surface area contributed by atoms with Crippen LogP contribution in [-0.2, 0) is 25.7 Å². The average Bonchev–Trinajstić information content (AvgIpc) is 2.99. The van der Waals surface area contributed by atoms with Crippen molar-refractivity contribution >= 4 is 16.8 Å². The van der Waals surface area contributed by atoms with Crippen molar-refractivity contribution in [1.29, 1.82) is 0 Å². The van der Waals surface area contributed by atoms with Crippen LogP contribution in [0.2, 0.25) is 0 Å². The molecule has 4 rings (SSSR count). The van der Waals surface area contributed by atoms with Crippen molar-refractivity contribution in [3.8, 4) is 0 Å². The van der Waals surface area contributed by atoms with Gasteiger partial charge in [-0.3, -0.25) is 14.3 Å². The summed E-state index contributed by atoms with van der Waals surface area (Å²) in [6, 6.07) is 7.69. The number of benzene rings is 1. The number of fused-ring (bicyclic) bond motifs is 2. The Morgan fingerprint density at radius 1 is 1.26 bits per heavy atom. The number of alkyl halides is 3. The first-order valence-corrected chi connectivity index (χ1v) is 8.57. The van der Waals surface area contributed by atoms with Crippen LogP contribution in [0.15, 0.2) is 36.7 Å². The van der Waals surface area contributed by atoms with Gasteiger partial charge >= 0.3 is 6.18 Å². The first-order valence-electron chi connectivity index (χ1n) is 8.57. The van der Waals surface area contributed by atoms with Crippen molar-refractivity contribution in [2.24, 2.45) is 0 Å². The van der Waals surface area contributed by atoms with E-state index in [9.17, 15) is 18.0 Å². The van der Waals surface area contributed by atoms with Crippen molar-refractivity contribution in [3.63, 3.8) is 0 Å². The fraction of sp³-hybridized carbons (Fsp3) is 0.316. The number of rotatable bonds is 2. The molecule has 1 aliphatic rings. The van der Waals surface area contributed by atoms with Crippen LogP contribution in [0.5, 0.6) is 0 Å². The van der Waals surface area contributed by atoms with E-state index < -0.39 is 12.0 Å². The largest absolute Gasteiger partial charge is 0.451 e. The van der Waals surface area contributed by atoms with Gasteiger partial charge in [-0.25, -0.2) is 9.97 Å². The molecule has 0 atom stereocenters. The summed E-state index contributed by atoms with van der Waals surface area (Å²) in [7, 11) is 0. The molecule has 0 saturated carbocycles. The van der Waals surface area contributed by atoms with E-state index in [1.54, 1.807) is 4.57 Å². The second kappa shape index (κ2) is 6.45. The number of nitrogens with zero attached hydrogens (tertiary/aromatic N) is 4. The molecule has 0 unspecified atom stereocenters. The molecule has 0 aliphatic carbocycles. The van der Waals surface area contributed by atoms with Crippen LogP contribution in [0, 0.1) is 0 Å². The highest BCUT2D eigenvalue weighted by molar-refractivity contribution is 5.93. The monoisotopic (exact) mass is 374 g/mol. The van der Waals surface area contributed by atoms with E-state index in [2.05, 4.69) is 14.9 Å². The summed E-state index contributed by atoms with van der Waals surface area (Å²) < 4.78 is 39.9. The van der Waals surface area contributed by atoms with Crippen LogP contribution in [0.4, 0.5) is 13.2 Å². The van der Waals surface area contributed by atoms with Crippen LogP contribution >= 0.6 is 0 Å². The third-order valence-corrected chi connectivity index (χ3v) is 4.79. The van der Waals surface area contributed by atoms with Crippen molar-refractivity contribution in [2.75, 3.05) is 6.54 Å². The summed E-state index contributed by atoms with van der Waals surface area (Å²) in [6.07, 6.45) is -0.977. The quantitative estimate of drug-likeness (QED) is 0.687. The third kappa shape index (κ3) is 3.32. The van der Waals surface area contributed by atoms with E-state index in [1.807, 2.05) is 30.5 Å². The van der Waals surface area contributed by atoms with Crippen molar-refractivity contribution in [2.45, 2.75) is 32.6 Å². The molecule has 0 bridgehead atoms. The van der Waals surface area contributed by atoms with E-state index in [0.717, 1.165) is 16.5 Å².